The van der Waals surface area contributed by atoms with E-state index in [1.807, 2.05) is 29.1 Å². The summed E-state index contributed by atoms with van der Waals surface area (Å²) in [5.74, 6) is 0.948. The molecule has 2 unspecified atom stereocenters. The molecule has 1 aliphatic rings. The lowest BCUT2D eigenvalue weighted by Gasteiger charge is -2.35. The van der Waals surface area contributed by atoms with Crippen molar-refractivity contribution in [3.8, 4) is 0 Å². The summed E-state index contributed by atoms with van der Waals surface area (Å²) in [6, 6.07) is 8.82. The summed E-state index contributed by atoms with van der Waals surface area (Å²) >= 11 is 0. The minimum atomic E-state index is -0.217. The van der Waals surface area contributed by atoms with E-state index in [4.69, 9.17) is 4.74 Å². The molecule has 0 aliphatic carbocycles. The lowest BCUT2D eigenvalue weighted by Crippen LogP contribution is -2.47. The predicted molar refractivity (Wildman–Crippen MR) is 112 cm³/mol. The molecule has 158 valence electrons. The first-order valence-corrected chi connectivity index (χ1v) is 10.1. The second-order valence-electron chi connectivity index (χ2n) is 7.38. The predicted octanol–water partition coefficient (Wildman–Crippen LogP) is 1.90. The molecule has 2 heterocycles. The summed E-state index contributed by atoms with van der Waals surface area (Å²) in [6.45, 7) is 7.65. The van der Waals surface area contributed by atoms with Gasteiger partial charge in [-0.15, -0.1) is 0 Å². The Morgan fingerprint density at radius 1 is 1.21 bits per heavy atom. The summed E-state index contributed by atoms with van der Waals surface area (Å²) < 4.78 is 20.8. The number of nitrogens with one attached hydrogen (secondary N) is 2. The topological polar surface area (TPSA) is 66.7 Å². The molecule has 1 aromatic heterocycles. The molecular formula is C21H31FN6O. The Hall–Kier alpha value is -2.45. The highest BCUT2D eigenvalue weighted by molar-refractivity contribution is 5.79. The number of rotatable bonds is 8. The average Bonchev–Trinajstić information content (AvgIpc) is 3.25. The van der Waals surface area contributed by atoms with Crippen LogP contribution in [0.3, 0.4) is 0 Å². The van der Waals surface area contributed by atoms with Gasteiger partial charge in [0.2, 0.25) is 0 Å². The quantitative estimate of drug-likeness (QED) is 0.522. The maximum Gasteiger partial charge on any atom is 0.191 e. The summed E-state index contributed by atoms with van der Waals surface area (Å²) in [6.07, 6.45) is 3.76. The van der Waals surface area contributed by atoms with Crippen molar-refractivity contribution in [1.29, 1.82) is 0 Å². The fraction of sp³-hybridized carbons (Fsp3) is 0.524. The van der Waals surface area contributed by atoms with Crippen LogP contribution in [0.25, 0.3) is 0 Å². The molecule has 1 aromatic carbocycles. The molecule has 1 aliphatic heterocycles. The van der Waals surface area contributed by atoms with Crippen LogP contribution in [0.2, 0.25) is 0 Å². The van der Waals surface area contributed by atoms with Gasteiger partial charge in [-0.2, -0.15) is 5.10 Å². The van der Waals surface area contributed by atoms with Crippen molar-refractivity contribution >= 4 is 5.96 Å². The normalized spacial score (nSPS) is 17.7. The Morgan fingerprint density at radius 2 is 1.93 bits per heavy atom. The monoisotopic (exact) mass is 402 g/mol. The summed E-state index contributed by atoms with van der Waals surface area (Å²) in [4.78, 5) is 6.72. The van der Waals surface area contributed by atoms with Crippen molar-refractivity contribution in [2.45, 2.75) is 19.5 Å². The van der Waals surface area contributed by atoms with E-state index in [-0.39, 0.29) is 11.9 Å². The zero-order valence-corrected chi connectivity index (χ0v) is 17.2. The molecule has 1 saturated heterocycles. The minimum absolute atomic E-state index is 0.125. The lowest BCUT2D eigenvalue weighted by molar-refractivity contribution is 0.0170. The number of hydrogen-bond acceptors (Lipinski definition) is 4. The molecular weight excluding hydrogens is 371 g/mol. The first-order chi connectivity index (χ1) is 14.2. The Balaban J connectivity index is 1.55. The number of benzene rings is 1. The fourth-order valence-corrected chi connectivity index (χ4v) is 3.51. The molecule has 7 nitrogen and oxygen atoms in total. The summed E-state index contributed by atoms with van der Waals surface area (Å²) in [5.41, 5.74) is 1.09. The molecule has 0 bridgehead atoms. The number of hydrogen-bond donors (Lipinski definition) is 2. The number of guanidine groups is 1. The molecule has 2 N–H and O–H groups in total. The largest absolute Gasteiger partial charge is 0.379 e. The number of halogens is 1. The summed E-state index contributed by atoms with van der Waals surface area (Å²) in [5, 5.41) is 11.1. The molecule has 2 atom stereocenters. The second kappa shape index (κ2) is 10.9. The number of nitrogens with zero attached hydrogens (tertiary/aromatic N) is 4. The van der Waals surface area contributed by atoms with Gasteiger partial charge in [-0.3, -0.25) is 14.6 Å². The zero-order chi connectivity index (χ0) is 20.5. The Morgan fingerprint density at radius 3 is 2.59 bits per heavy atom. The second-order valence-corrected chi connectivity index (χ2v) is 7.38. The highest BCUT2D eigenvalue weighted by atomic mass is 19.1. The molecule has 0 radical (unpaired) electrons. The third kappa shape index (κ3) is 6.54. The molecule has 2 aromatic rings. The van der Waals surface area contributed by atoms with Crippen molar-refractivity contribution in [2.24, 2.45) is 10.9 Å². The first kappa shape index (κ1) is 21.3. The van der Waals surface area contributed by atoms with Gasteiger partial charge < -0.3 is 15.4 Å². The van der Waals surface area contributed by atoms with Crippen LogP contribution in [-0.2, 0) is 11.3 Å². The van der Waals surface area contributed by atoms with Crippen molar-refractivity contribution in [3.63, 3.8) is 0 Å². The lowest BCUT2D eigenvalue weighted by atomic mass is 10.0. The van der Waals surface area contributed by atoms with E-state index in [2.05, 4.69) is 32.5 Å². The van der Waals surface area contributed by atoms with Gasteiger partial charge in [0.25, 0.3) is 0 Å². The van der Waals surface area contributed by atoms with Crippen LogP contribution in [0.1, 0.15) is 18.5 Å². The van der Waals surface area contributed by atoms with Crippen LogP contribution in [0.5, 0.6) is 0 Å². The number of aliphatic imine (C=N–C) groups is 1. The smallest absolute Gasteiger partial charge is 0.191 e. The third-order valence-electron chi connectivity index (χ3n) is 5.10. The number of aromatic nitrogens is 2. The SMILES string of the molecule is CN=C(NCC(C)Cn1cccn1)NCC(c1ccc(F)cc1)N1CCOCC1. The van der Waals surface area contributed by atoms with E-state index in [1.165, 1.54) is 12.1 Å². The van der Waals surface area contributed by atoms with Gasteiger partial charge in [-0.05, 0) is 29.7 Å². The Labute approximate surface area is 172 Å². The van der Waals surface area contributed by atoms with E-state index in [1.54, 1.807) is 13.2 Å². The van der Waals surface area contributed by atoms with Gasteiger partial charge in [-0.1, -0.05) is 19.1 Å². The molecule has 29 heavy (non-hydrogen) atoms. The van der Waals surface area contributed by atoms with Gasteiger partial charge in [-0.25, -0.2) is 4.39 Å². The van der Waals surface area contributed by atoms with Gasteiger partial charge in [0, 0.05) is 52.2 Å². The fourth-order valence-electron chi connectivity index (χ4n) is 3.51. The van der Waals surface area contributed by atoms with Gasteiger partial charge in [0.15, 0.2) is 5.96 Å². The van der Waals surface area contributed by atoms with Crippen LogP contribution in [-0.4, -0.2) is 67.1 Å². The Bertz CT molecular complexity index is 743. The number of ether oxygens (including phenoxy) is 1. The van der Waals surface area contributed by atoms with Crippen molar-refractivity contribution in [3.05, 3.63) is 54.1 Å². The van der Waals surface area contributed by atoms with E-state index >= 15 is 0 Å². The number of morpholine rings is 1. The Kier molecular flexibility index (Phi) is 8.01. The molecule has 8 heteroatoms. The minimum Gasteiger partial charge on any atom is -0.379 e. The molecule has 0 amide bonds. The average molecular weight is 403 g/mol. The summed E-state index contributed by atoms with van der Waals surface area (Å²) in [7, 11) is 1.77. The van der Waals surface area contributed by atoms with Crippen LogP contribution >= 0.6 is 0 Å². The van der Waals surface area contributed by atoms with Crippen LogP contribution in [0.4, 0.5) is 4.39 Å². The first-order valence-electron chi connectivity index (χ1n) is 10.1. The van der Waals surface area contributed by atoms with Crippen LogP contribution in [0.15, 0.2) is 47.7 Å². The molecule has 3 rings (SSSR count). The highest BCUT2D eigenvalue weighted by Crippen LogP contribution is 2.21. The highest BCUT2D eigenvalue weighted by Gasteiger charge is 2.23. The zero-order valence-electron chi connectivity index (χ0n) is 17.2. The van der Waals surface area contributed by atoms with Gasteiger partial charge in [0.05, 0.1) is 19.3 Å². The maximum atomic E-state index is 13.4. The van der Waals surface area contributed by atoms with Crippen LogP contribution < -0.4 is 10.6 Å². The standard InChI is InChI=1S/C21H31FN6O/c1-17(16-28-9-3-8-26-28)14-24-21(23-2)25-15-20(27-10-12-29-13-11-27)18-4-6-19(22)7-5-18/h3-9,17,20H,10-16H2,1-2H3,(H2,23,24,25). The van der Waals surface area contributed by atoms with Gasteiger partial charge >= 0.3 is 0 Å². The van der Waals surface area contributed by atoms with Crippen molar-refractivity contribution < 1.29 is 9.13 Å². The van der Waals surface area contributed by atoms with E-state index < -0.39 is 0 Å². The van der Waals surface area contributed by atoms with E-state index in [0.29, 0.717) is 12.5 Å². The van der Waals surface area contributed by atoms with E-state index in [9.17, 15) is 4.39 Å². The van der Waals surface area contributed by atoms with Crippen molar-refractivity contribution in [1.82, 2.24) is 25.3 Å². The maximum absolute atomic E-state index is 13.4. The van der Waals surface area contributed by atoms with Crippen molar-refractivity contribution in [2.75, 3.05) is 46.4 Å². The van der Waals surface area contributed by atoms with E-state index in [0.717, 1.165) is 50.9 Å². The molecule has 0 saturated carbocycles. The molecule has 0 spiro atoms. The van der Waals surface area contributed by atoms with Crippen LogP contribution in [0, 0.1) is 11.7 Å². The molecule has 1 fully saturated rings. The van der Waals surface area contributed by atoms with Gasteiger partial charge in [0.1, 0.15) is 5.82 Å². The third-order valence-corrected chi connectivity index (χ3v) is 5.10.